The second-order valence-corrected chi connectivity index (χ2v) is 2.98. The van der Waals surface area contributed by atoms with Crippen molar-refractivity contribution in [3.05, 3.63) is 29.6 Å². The van der Waals surface area contributed by atoms with Gasteiger partial charge in [0.1, 0.15) is 5.82 Å². The summed E-state index contributed by atoms with van der Waals surface area (Å²) in [5.74, 6) is 0.429. The first kappa shape index (κ1) is 8.23. The lowest BCUT2D eigenvalue weighted by Crippen LogP contribution is -2.07. The third kappa shape index (κ3) is 1.54. The number of aryl methyl sites for hydroxylation is 1. The average molecular weight is 179 g/mol. The molecule has 1 aliphatic rings. The van der Waals surface area contributed by atoms with Gasteiger partial charge in [-0.1, -0.05) is 6.07 Å². The molecule has 2 nitrogen and oxygen atoms in total. The molecule has 0 fully saturated rings. The van der Waals surface area contributed by atoms with E-state index in [-0.39, 0.29) is 5.82 Å². The first-order valence-corrected chi connectivity index (χ1v) is 4.19. The maximum absolute atomic E-state index is 12.8. The Hall–Kier alpha value is -1.38. The molecule has 0 saturated carbocycles. The van der Waals surface area contributed by atoms with E-state index in [1.54, 1.807) is 13.2 Å². The lowest BCUT2D eigenvalue weighted by Gasteiger charge is -2.13. The van der Waals surface area contributed by atoms with Crippen LogP contribution in [0.1, 0.15) is 12.0 Å². The normalized spacial score (nSPS) is 14.8. The van der Waals surface area contributed by atoms with Crippen molar-refractivity contribution in [2.24, 2.45) is 4.99 Å². The van der Waals surface area contributed by atoms with E-state index in [4.69, 9.17) is 4.74 Å². The molecule has 0 saturated heterocycles. The van der Waals surface area contributed by atoms with Gasteiger partial charge in [-0.05, 0) is 24.1 Å². The maximum Gasteiger partial charge on any atom is 0.188 e. The van der Waals surface area contributed by atoms with Crippen molar-refractivity contribution in [3.63, 3.8) is 0 Å². The number of halogens is 1. The number of hydrogen-bond acceptors (Lipinski definition) is 2. The number of ether oxygens (including phenoxy) is 1. The van der Waals surface area contributed by atoms with Crippen molar-refractivity contribution in [1.29, 1.82) is 0 Å². The minimum Gasteiger partial charge on any atom is -0.484 e. The van der Waals surface area contributed by atoms with Gasteiger partial charge in [0.2, 0.25) is 0 Å². The zero-order valence-corrected chi connectivity index (χ0v) is 7.38. The molecule has 0 aliphatic carbocycles. The number of fused-ring (bicyclic) bond motifs is 1. The highest BCUT2D eigenvalue weighted by atomic mass is 19.1. The van der Waals surface area contributed by atoms with Gasteiger partial charge < -0.3 is 4.74 Å². The summed E-state index contributed by atoms with van der Waals surface area (Å²) in [7, 11) is 1.59. The zero-order chi connectivity index (χ0) is 9.26. The van der Waals surface area contributed by atoms with E-state index < -0.39 is 0 Å². The zero-order valence-electron chi connectivity index (χ0n) is 7.38. The highest BCUT2D eigenvalue weighted by molar-refractivity contribution is 5.82. The molecular weight excluding hydrogens is 169 g/mol. The third-order valence-corrected chi connectivity index (χ3v) is 2.14. The molecule has 1 aromatic rings. The largest absolute Gasteiger partial charge is 0.484 e. The highest BCUT2D eigenvalue weighted by Gasteiger charge is 2.12. The van der Waals surface area contributed by atoms with Crippen molar-refractivity contribution < 1.29 is 9.13 Å². The van der Waals surface area contributed by atoms with Crippen LogP contribution in [0.5, 0.6) is 0 Å². The van der Waals surface area contributed by atoms with E-state index in [9.17, 15) is 4.39 Å². The van der Waals surface area contributed by atoms with Crippen LogP contribution in [0.3, 0.4) is 0 Å². The number of nitrogens with zero attached hydrogens (tertiary/aromatic N) is 1. The quantitative estimate of drug-likeness (QED) is 0.599. The second kappa shape index (κ2) is 3.17. The second-order valence-electron chi connectivity index (χ2n) is 2.98. The molecule has 68 valence electrons. The average Bonchev–Trinajstić information content (AvgIpc) is 2.16. The molecule has 0 bridgehead atoms. The predicted molar refractivity (Wildman–Crippen MR) is 48.8 cm³/mol. The molecule has 0 aromatic heterocycles. The SMILES string of the molecule is COC1=Nc2cc(F)ccc2CC1. The Balaban J connectivity index is 2.44. The first-order chi connectivity index (χ1) is 6.29. The molecule has 0 atom stereocenters. The lowest BCUT2D eigenvalue weighted by atomic mass is 10.0. The molecule has 1 heterocycles. The molecule has 0 radical (unpaired) electrons. The van der Waals surface area contributed by atoms with E-state index in [0.29, 0.717) is 11.6 Å². The van der Waals surface area contributed by atoms with E-state index in [0.717, 1.165) is 18.4 Å². The summed E-state index contributed by atoms with van der Waals surface area (Å²) >= 11 is 0. The molecule has 1 aliphatic heterocycles. The smallest absolute Gasteiger partial charge is 0.188 e. The fourth-order valence-electron chi connectivity index (χ4n) is 1.43. The van der Waals surface area contributed by atoms with Crippen LogP contribution in [0.2, 0.25) is 0 Å². The molecule has 3 heteroatoms. The van der Waals surface area contributed by atoms with Gasteiger partial charge in [0.05, 0.1) is 12.8 Å². The Morgan fingerprint density at radius 2 is 2.23 bits per heavy atom. The number of methoxy groups -OCH3 is 1. The van der Waals surface area contributed by atoms with Crippen molar-refractivity contribution in [1.82, 2.24) is 0 Å². The van der Waals surface area contributed by atoms with Crippen molar-refractivity contribution in [2.45, 2.75) is 12.8 Å². The molecule has 0 amide bonds. The highest BCUT2D eigenvalue weighted by Crippen LogP contribution is 2.26. The van der Waals surface area contributed by atoms with Crippen LogP contribution >= 0.6 is 0 Å². The Kier molecular flexibility index (Phi) is 2.00. The van der Waals surface area contributed by atoms with Gasteiger partial charge >= 0.3 is 0 Å². The Labute approximate surface area is 76.1 Å². The van der Waals surface area contributed by atoms with E-state index >= 15 is 0 Å². The van der Waals surface area contributed by atoms with Crippen LogP contribution in [0.15, 0.2) is 23.2 Å². The van der Waals surface area contributed by atoms with E-state index in [1.165, 1.54) is 12.1 Å². The monoisotopic (exact) mass is 179 g/mol. The summed E-state index contributed by atoms with van der Waals surface area (Å²) in [4.78, 5) is 4.18. The van der Waals surface area contributed by atoms with E-state index in [2.05, 4.69) is 4.99 Å². The molecule has 0 spiro atoms. The fraction of sp³-hybridized carbons (Fsp3) is 0.300. The van der Waals surface area contributed by atoms with E-state index in [1.807, 2.05) is 0 Å². The minimum atomic E-state index is -0.250. The number of aliphatic imine (C=N–C) groups is 1. The van der Waals surface area contributed by atoms with Gasteiger partial charge in [-0.25, -0.2) is 9.38 Å². The topological polar surface area (TPSA) is 21.6 Å². The Morgan fingerprint density at radius 1 is 1.38 bits per heavy atom. The molecule has 13 heavy (non-hydrogen) atoms. The van der Waals surface area contributed by atoms with Crippen molar-refractivity contribution in [3.8, 4) is 0 Å². The van der Waals surface area contributed by atoms with Crippen LogP contribution in [-0.2, 0) is 11.2 Å². The van der Waals surface area contributed by atoms with Crippen LogP contribution in [0.25, 0.3) is 0 Å². The van der Waals surface area contributed by atoms with Gasteiger partial charge in [-0.3, -0.25) is 0 Å². The van der Waals surface area contributed by atoms with Crippen LogP contribution in [0.4, 0.5) is 10.1 Å². The minimum absolute atomic E-state index is 0.250. The Bertz CT molecular complexity index is 360. The van der Waals surface area contributed by atoms with Gasteiger partial charge in [0.15, 0.2) is 5.90 Å². The Morgan fingerprint density at radius 3 is 3.00 bits per heavy atom. The molecule has 2 rings (SSSR count). The number of benzene rings is 1. The summed E-state index contributed by atoms with van der Waals surface area (Å²) in [6, 6.07) is 4.68. The predicted octanol–water partition coefficient (Wildman–Crippen LogP) is 2.45. The molecule has 1 aromatic carbocycles. The first-order valence-electron chi connectivity index (χ1n) is 4.19. The van der Waals surface area contributed by atoms with Crippen molar-refractivity contribution in [2.75, 3.05) is 7.11 Å². The number of rotatable bonds is 0. The third-order valence-electron chi connectivity index (χ3n) is 2.14. The van der Waals surface area contributed by atoms with Gasteiger partial charge in [-0.15, -0.1) is 0 Å². The summed E-state index contributed by atoms with van der Waals surface area (Å²) in [5, 5.41) is 0. The van der Waals surface area contributed by atoms with Gasteiger partial charge in [0, 0.05) is 6.42 Å². The summed E-state index contributed by atoms with van der Waals surface area (Å²) in [6.07, 6.45) is 1.68. The summed E-state index contributed by atoms with van der Waals surface area (Å²) < 4.78 is 17.8. The fourth-order valence-corrected chi connectivity index (χ4v) is 1.43. The van der Waals surface area contributed by atoms with Crippen LogP contribution in [0, 0.1) is 5.82 Å². The molecule has 0 unspecified atom stereocenters. The van der Waals surface area contributed by atoms with Crippen LogP contribution in [-0.4, -0.2) is 13.0 Å². The van der Waals surface area contributed by atoms with Gasteiger partial charge in [-0.2, -0.15) is 0 Å². The van der Waals surface area contributed by atoms with Crippen molar-refractivity contribution >= 4 is 11.6 Å². The lowest BCUT2D eigenvalue weighted by molar-refractivity contribution is 0.388. The summed E-state index contributed by atoms with van der Waals surface area (Å²) in [6.45, 7) is 0. The van der Waals surface area contributed by atoms with Gasteiger partial charge in [0.25, 0.3) is 0 Å². The maximum atomic E-state index is 12.8. The number of hydrogen-bond donors (Lipinski definition) is 0. The van der Waals surface area contributed by atoms with Crippen LogP contribution < -0.4 is 0 Å². The molecular formula is C10H10FNO. The summed E-state index contributed by atoms with van der Waals surface area (Å²) in [5.41, 5.74) is 1.78. The molecule has 0 N–H and O–H groups in total. The standard InChI is InChI=1S/C10H10FNO/c1-13-10-5-3-7-2-4-8(11)6-9(7)12-10/h2,4,6H,3,5H2,1H3.